The molecule has 0 heterocycles. The molecule has 1 saturated carbocycles. The summed E-state index contributed by atoms with van der Waals surface area (Å²) < 4.78 is 0. The topological polar surface area (TPSA) is 92.4 Å². The number of nitrogens with one attached hydrogen (secondary N) is 1. The van der Waals surface area contributed by atoms with Gasteiger partial charge in [-0.2, -0.15) is 0 Å². The zero-order valence-corrected chi connectivity index (χ0v) is 13.4. The SMILES string of the molecule is CC(C)C(CCN)CCC(=O)NC1(CC(=O)O)CCCC1. The number of carboxylic acid groups (broad SMARTS) is 1. The van der Waals surface area contributed by atoms with Gasteiger partial charge in [-0.3, -0.25) is 9.59 Å². The van der Waals surface area contributed by atoms with Crippen LogP contribution in [0.25, 0.3) is 0 Å². The van der Waals surface area contributed by atoms with E-state index in [0.717, 1.165) is 38.5 Å². The van der Waals surface area contributed by atoms with Gasteiger partial charge in [0.15, 0.2) is 0 Å². The zero-order chi connectivity index (χ0) is 15.9. The number of aliphatic carboxylic acids is 1. The van der Waals surface area contributed by atoms with E-state index in [1.54, 1.807) is 0 Å². The molecule has 21 heavy (non-hydrogen) atoms. The third-order valence-electron chi connectivity index (χ3n) is 4.68. The molecule has 0 spiro atoms. The van der Waals surface area contributed by atoms with Gasteiger partial charge in [0, 0.05) is 6.42 Å². The lowest BCUT2D eigenvalue weighted by atomic mass is 9.87. The van der Waals surface area contributed by atoms with Crippen LogP contribution in [0.2, 0.25) is 0 Å². The largest absolute Gasteiger partial charge is 0.481 e. The van der Waals surface area contributed by atoms with Gasteiger partial charge in [-0.05, 0) is 44.1 Å². The summed E-state index contributed by atoms with van der Waals surface area (Å²) in [5.41, 5.74) is 5.11. The molecule has 1 unspecified atom stereocenters. The van der Waals surface area contributed by atoms with Crippen LogP contribution in [0.3, 0.4) is 0 Å². The van der Waals surface area contributed by atoms with E-state index in [1.165, 1.54) is 0 Å². The van der Waals surface area contributed by atoms with Crippen LogP contribution in [0.1, 0.15) is 65.2 Å². The van der Waals surface area contributed by atoms with Gasteiger partial charge in [0.2, 0.25) is 5.91 Å². The Hall–Kier alpha value is -1.10. The van der Waals surface area contributed by atoms with Crippen molar-refractivity contribution >= 4 is 11.9 Å². The monoisotopic (exact) mass is 298 g/mol. The molecule has 5 heteroatoms. The van der Waals surface area contributed by atoms with Gasteiger partial charge in [0.1, 0.15) is 0 Å². The van der Waals surface area contributed by atoms with Crippen LogP contribution < -0.4 is 11.1 Å². The highest BCUT2D eigenvalue weighted by Crippen LogP contribution is 2.33. The smallest absolute Gasteiger partial charge is 0.305 e. The predicted molar refractivity (Wildman–Crippen MR) is 82.8 cm³/mol. The minimum atomic E-state index is -0.833. The van der Waals surface area contributed by atoms with Crippen molar-refractivity contribution < 1.29 is 14.7 Å². The minimum absolute atomic E-state index is 0.0131. The van der Waals surface area contributed by atoms with Crippen LogP contribution in [0.4, 0.5) is 0 Å². The molecule has 0 radical (unpaired) electrons. The number of hydrogen-bond donors (Lipinski definition) is 3. The van der Waals surface area contributed by atoms with Crippen LogP contribution >= 0.6 is 0 Å². The van der Waals surface area contributed by atoms with Gasteiger partial charge in [-0.25, -0.2) is 0 Å². The highest BCUT2D eigenvalue weighted by Gasteiger charge is 2.37. The van der Waals surface area contributed by atoms with Gasteiger partial charge in [0.25, 0.3) is 0 Å². The third kappa shape index (κ3) is 6.04. The number of carbonyl (C=O) groups excluding carboxylic acids is 1. The maximum absolute atomic E-state index is 12.2. The van der Waals surface area contributed by atoms with Crippen molar-refractivity contribution in [3.63, 3.8) is 0 Å². The summed E-state index contributed by atoms with van der Waals surface area (Å²) in [6.07, 6.45) is 5.81. The average molecular weight is 298 g/mol. The number of carbonyl (C=O) groups is 2. The lowest BCUT2D eigenvalue weighted by Gasteiger charge is -2.29. The highest BCUT2D eigenvalue weighted by molar-refractivity contribution is 5.78. The number of amides is 1. The van der Waals surface area contributed by atoms with Crippen LogP contribution in [0, 0.1) is 11.8 Å². The molecule has 0 aliphatic heterocycles. The highest BCUT2D eigenvalue weighted by atomic mass is 16.4. The van der Waals surface area contributed by atoms with E-state index in [0.29, 0.717) is 24.8 Å². The van der Waals surface area contributed by atoms with E-state index in [9.17, 15) is 9.59 Å². The summed E-state index contributed by atoms with van der Waals surface area (Å²) in [6, 6.07) is 0. The van der Waals surface area contributed by atoms with E-state index >= 15 is 0 Å². The molecular formula is C16H30N2O3. The fraction of sp³-hybridized carbons (Fsp3) is 0.875. The first kappa shape index (κ1) is 18.0. The first-order chi connectivity index (χ1) is 9.88. The van der Waals surface area contributed by atoms with Gasteiger partial charge in [-0.15, -0.1) is 0 Å². The molecule has 5 nitrogen and oxygen atoms in total. The Morgan fingerprint density at radius 2 is 1.86 bits per heavy atom. The average Bonchev–Trinajstić information content (AvgIpc) is 2.81. The molecule has 1 aliphatic rings. The molecule has 0 aromatic heterocycles. The Morgan fingerprint density at radius 1 is 1.24 bits per heavy atom. The molecule has 0 bridgehead atoms. The molecule has 0 saturated heterocycles. The minimum Gasteiger partial charge on any atom is -0.481 e. The van der Waals surface area contributed by atoms with Crippen LogP contribution in [0.5, 0.6) is 0 Å². The van der Waals surface area contributed by atoms with Gasteiger partial charge in [0.05, 0.1) is 12.0 Å². The van der Waals surface area contributed by atoms with Crippen molar-refractivity contribution in [1.29, 1.82) is 0 Å². The molecule has 122 valence electrons. The van der Waals surface area contributed by atoms with Crippen molar-refractivity contribution in [2.45, 2.75) is 70.8 Å². The fourth-order valence-electron chi connectivity index (χ4n) is 3.39. The van der Waals surface area contributed by atoms with E-state index in [2.05, 4.69) is 19.2 Å². The number of rotatable bonds is 9. The normalized spacial score (nSPS) is 18.7. The van der Waals surface area contributed by atoms with Crippen molar-refractivity contribution in [3.8, 4) is 0 Å². The summed E-state index contributed by atoms with van der Waals surface area (Å²) in [4.78, 5) is 23.2. The summed E-state index contributed by atoms with van der Waals surface area (Å²) in [5.74, 6) is 0.127. The van der Waals surface area contributed by atoms with Crippen LogP contribution in [0.15, 0.2) is 0 Å². The van der Waals surface area contributed by atoms with Gasteiger partial charge >= 0.3 is 5.97 Å². The maximum atomic E-state index is 12.2. The molecule has 1 aliphatic carbocycles. The van der Waals surface area contributed by atoms with Crippen molar-refractivity contribution in [3.05, 3.63) is 0 Å². The van der Waals surface area contributed by atoms with Crippen LogP contribution in [-0.2, 0) is 9.59 Å². The summed E-state index contributed by atoms with van der Waals surface area (Å²) >= 11 is 0. The van der Waals surface area contributed by atoms with Crippen molar-refractivity contribution in [2.75, 3.05) is 6.54 Å². The zero-order valence-electron chi connectivity index (χ0n) is 13.4. The first-order valence-electron chi connectivity index (χ1n) is 8.11. The Morgan fingerprint density at radius 3 is 2.33 bits per heavy atom. The molecule has 1 amide bonds. The van der Waals surface area contributed by atoms with E-state index in [4.69, 9.17) is 10.8 Å². The van der Waals surface area contributed by atoms with Crippen molar-refractivity contribution in [1.82, 2.24) is 5.32 Å². The van der Waals surface area contributed by atoms with E-state index in [-0.39, 0.29) is 12.3 Å². The second kappa shape index (κ2) is 8.37. The molecule has 1 rings (SSSR count). The molecule has 1 atom stereocenters. The summed E-state index contributed by atoms with van der Waals surface area (Å²) in [7, 11) is 0. The molecule has 1 fully saturated rings. The summed E-state index contributed by atoms with van der Waals surface area (Å²) in [6.45, 7) is 4.95. The maximum Gasteiger partial charge on any atom is 0.305 e. The van der Waals surface area contributed by atoms with Crippen LogP contribution in [-0.4, -0.2) is 29.1 Å². The first-order valence-corrected chi connectivity index (χ1v) is 8.11. The quantitative estimate of drug-likeness (QED) is 0.609. The van der Waals surface area contributed by atoms with E-state index < -0.39 is 11.5 Å². The number of hydrogen-bond acceptors (Lipinski definition) is 3. The lowest BCUT2D eigenvalue weighted by Crippen LogP contribution is -2.47. The Bertz CT molecular complexity index is 349. The number of carboxylic acids is 1. The summed E-state index contributed by atoms with van der Waals surface area (Å²) in [5, 5.41) is 12.1. The Labute approximate surface area is 127 Å². The van der Waals surface area contributed by atoms with Gasteiger partial charge < -0.3 is 16.2 Å². The second-order valence-corrected chi connectivity index (χ2v) is 6.73. The number of nitrogens with two attached hydrogens (primary N) is 1. The second-order valence-electron chi connectivity index (χ2n) is 6.73. The molecule has 4 N–H and O–H groups in total. The van der Waals surface area contributed by atoms with Crippen molar-refractivity contribution in [2.24, 2.45) is 17.6 Å². The third-order valence-corrected chi connectivity index (χ3v) is 4.68. The Balaban J connectivity index is 2.49. The molecule has 0 aromatic rings. The lowest BCUT2D eigenvalue weighted by molar-refractivity contribution is -0.139. The predicted octanol–water partition coefficient (Wildman–Crippen LogP) is 2.29. The van der Waals surface area contributed by atoms with E-state index in [1.807, 2.05) is 0 Å². The standard InChI is InChI=1S/C16H30N2O3/c1-12(2)13(7-10-17)5-6-14(19)18-16(11-15(20)21)8-3-4-9-16/h12-13H,3-11,17H2,1-2H3,(H,18,19)(H,20,21). The Kier molecular flexibility index (Phi) is 7.15. The molecular weight excluding hydrogens is 268 g/mol. The fourth-order valence-corrected chi connectivity index (χ4v) is 3.39. The van der Waals surface area contributed by atoms with Gasteiger partial charge in [-0.1, -0.05) is 26.7 Å². The molecule has 0 aromatic carbocycles.